The average Bonchev–Trinajstić information content (AvgIpc) is 3.63. The van der Waals surface area contributed by atoms with Crippen molar-refractivity contribution in [3.8, 4) is 0 Å². The Morgan fingerprint density at radius 3 is 2.03 bits per heavy atom. The summed E-state index contributed by atoms with van der Waals surface area (Å²) in [6.45, 7) is 14.7. The molecule has 16 heteroatoms. The molecule has 0 spiro atoms. The van der Waals surface area contributed by atoms with Gasteiger partial charge in [-0.1, -0.05) is 18.9 Å². The molecule has 0 saturated heterocycles. The van der Waals surface area contributed by atoms with E-state index in [4.69, 9.17) is 23.7 Å². The Morgan fingerprint density at radius 2 is 1.43 bits per heavy atom. The number of esters is 1. The first-order valence-electron chi connectivity index (χ1n) is 20.2. The summed E-state index contributed by atoms with van der Waals surface area (Å²) >= 11 is 0. The molecular weight excluding hydrogens is 789 g/mol. The van der Waals surface area contributed by atoms with Crippen LogP contribution in [0.3, 0.4) is 0 Å². The van der Waals surface area contributed by atoms with Crippen LogP contribution in [0.4, 0.5) is 11.4 Å². The van der Waals surface area contributed by atoms with E-state index in [1.54, 1.807) is 25.1 Å². The third-order valence-electron chi connectivity index (χ3n) is 10.4. The average molecular weight is 850 g/mol. The smallest absolute Gasteiger partial charge is 0.305 e. The van der Waals surface area contributed by atoms with Gasteiger partial charge in [-0.2, -0.15) is 21.4 Å². The van der Waals surface area contributed by atoms with Crippen molar-refractivity contribution in [3.05, 3.63) is 71.5 Å². The number of carbonyl (C=O) groups is 1. The summed E-state index contributed by atoms with van der Waals surface area (Å²) in [6, 6.07) is 9.26. The predicted octanol–water partition coefficient (Wildman–Crippen LogP) is 7.13. The lowest BCUT2D eigenvalue weighted by Crippen LogP contribution is -2.32. The summed E-state index contributed by atoms with van der Waals surface area (Å²) in [4.78, 5) is 13.8. The maximum absolute atomic E-state index is 12.4. The first kappa shape index (κ1) is 47.2. The molecule has 2 aromatic carbocycles. The van der Waals surface area contributed by atoms with E-state index in [2.05, 4.69) is 16.4 Å². The van der Waals surface area contributed by atoms with Crippen molar-refractivity contribution in [1.82, 2.24) is 0 Å². The van der Waals surface area contributed by atoms with E-state index in [-0.39, 0.29) is 15.8 Å². The highest BCUT2D eigenvalue weighted by atomic mass is 32.2. The number of carbonyl (C=O) groups excluding carboxylic acids is 1. The fraction of sp³-hybridized carbons (Fsp3) is 0.571. The third kappa shape index (κ3) is 12.3. The van der Waals surface area contributed by atoms with E-state index in [1.807, 2.05) is 45.9 Å². The number of unbranched alkanes of at least 4 members (excludes halogenated alkanes) is 2. The highest BCUT2D eigenvalue weighted by Gasteiger charge is 2.48. The highest BCUT2D eigenvalue weighted by Crippen LogP contribution is 2.45. The number of nitrogens with zero attached hydrogens (tertiary/aromatic N) is 2. The number of rotatable bonds is 25. The molecule has 1 unspecified atom stereocenters. The lowest BCUT2D eigenvalue weighted by molar-refractivity contribution is -0.443. The minimum atomic E-state index is -4.51. The number of benzene rings is 2. The number of hydrogen-bond donors (Lipinski definition) is 2. The molecule has 2 aromatic rings. The van der Waals surface area contributed by atoms with E-state index in [0.29, 0.717) is 84.6 Å². The topological polar surface area (TPSA) is 178 Å². The maximum Gasteiger partial charge on any atom is 0.305 e. The molecule has 0 aliphatic carbocycles. The normalized spacial score (nSPS) is 17.7. The van der Waals surface area contributed by atoms with Gasteiger partial charge in [0, 0.05) is 81.3 Å². The molecule has 0 amide bonds. The summed E-state index contributed by atoms with van der Waals surface area (Å²) in [7, 11) is -8.93. The highest BCUT2D eigenvalue weighted by molar-refractivity contribution is 7.86. The monoisotopic (exact) mass is 849 g/mol. The van der Waals surface area contributed by atoms with Crippen molar-refractivity contribution in [2.24, 2.45) is 0 Å². The number of allylic oxidation sites excluding steroid dienone is 4. The van der Waals surface area contributed by atoms with Crippen molar-refractivity contribution < 1.29 is 59.0 Å². The zero-order valence-electron chi connectivity index (χ0n) is 34.6. The molecule has 322 valence electrons. The second-order valence-electron chi connectivity index (χ2n) is 14.3. The third-order valence-corrected chi connectivity index (χ3v) is 12.1. The molecule has 0 bridgehead atoms. The molecule has 2 aliphatic heterocycles. The van der Waals surface area contributed by atoms with Crippen molar-refractivity contribution >= 4 is 43.3 Å². The van der Waals surface area contributed by atoms with Gasteiger partial charge in [0.15, 0.2) is 24.8 Å². The van der Waals surface area contributed by atoms with Crippen molar-refractivity contribution in [1.29, 1.82) is 0 Å². The molecule has 0 aromatic heterocycles. The second-order valence-corrected chi connectivity index (χ2v) is 17.1. The lowest BCUT2D eigenvalue weighted by atomic mass is 9.75. The van der Waals surface area contributed by atoms with E-state index in [0.717, 1.165) is 46.8 Å². The van der Waals surface area contributed by atoms with Crippen LogP contribution in [0.2, 0.25) is 0 Å². The quantitative estimate of drug-likeness (QED) is 0.0339. The van der Waals surface area contributed by atoms with E-state index in [9.17, 15) is 30.7 Å². The molecule has 2 aliphatic rings. The summed E-state index contributed by atoms with van der Waals surface area (Å²) in [5.74, 6) is -0.242. The maximum atomic E-state index is 12.4. The van der Waals surface area contributed by atoms with E-state index < -0.39 is 38.2 Å². The zero-order valence-corrected chi connectivity index (χ0v) is 36.3. The first-order valence-corrected chi connectivity index (χ1v) is 23.1. The second kappa shape index (κ2) is 21.7. The fourth-order valence-electron chi connectivity index (χ4n) is 7.73. The molecule has 1 atom stereocenters. The molecule has 0 fully saturated rings. The van der Waals surface area contributed by atoms with Crippen LogP contribution in [-0.2, 0) is 60.6 Å². The van der Waals surface area contributed by atoms with Gasteiger partial charge in [0.1, 0.15) is 0 Å². The minimum absolute atomic E-state index is 0.181. The van der Waals surface area contributed by atoms with Gasteiger partial charge >= 0.3 is 5.97 Å². The van der Waals surface area contributed by atoms with Gasteiger partial charge in [0.05, 0.1) is 28.2 Å². The zero-order chi connectivity index (χ0) is 42.5. The van der Waals surface area contributed by atoms with Crippen LogP contribution in [0.5, 0.6) is 0 Å². The van der Waals surface area contributed by atoms with Gasteiger partial charge in [-0.15, -0.1) is 0 Å². The Bertz CT molecular complexity index is 2020. The lowest BCUT2D eigenvalue weighted by Gasteiger charge is -2.25. The number of anilines is 1. The van der Waals surface area contributed by atoms with Gasteiger partial charge in [0.25, 0.3) is 20.2 Å². The van der Waals surface area contributed by atoms with Crippen LogP contribution in [-0.4, -0.2) is 101 Å². The van der Waals surface area contributed by atoms with Crippen molar-refractivity contribution in [3.63, 3.8) is 0 Å². The molecule has 4 rings (SSSR count). The van der Waals surface area contributed by atoms with Gasteiger partial charge in [-0.25, -0.2) is 0 Å². The van der Waals surface area contributed by atoms with Crippen LogP contribution >= 0.6 is 0 Å². The summed E-state index contributed by atoms with van der Waals surface area (Å²) in [6.07, 6.45) is 9.50. The van der Waals surface area contributed by atoms with Crippen molar-refractivity contribution in [2.75, 3.05) is 51.0 Å². The molecule has 14 nitrogen and oxygen atoms in total. The molecule has 58 heavy (non-hydrogen) atoms. The van der Waals surface area contributed by atoms with Gasteiger partial charge in [-0.05, 0) is 96.4 Å². The predicted molar refractivity (Wildman–Crippen MR) is 221 cm³/mol. The number of hydrogen-bond acceptors (Lipinski definition) is 11. The summed E-state index contributed by atoms with van der Waals surface area (Å²) in [5.41, 5.74) is 4.16. The number of ether oxygens (including phenoxy) is 5. The molecule has 2 heterocycles. The minimum Gasteiger partial charge on any atom is -0.466 e. The summed E-state index contributed by atoms with van der Waals surface area (Å²) in [5, 5.41) is 0. The Balaban J connectivity index is 1.80. The molecule has 2 N–H and O–H groups in total. The Morgan fingerprint density at radius 1 is 0.828 bits per heavy atom. The molecule has 0 saturated carbocycles. The standard InChI is InChI=1S/C42H60N2O12S2/c1-7-52-39(45)18-13-12-14-25-42(6)35-30-34(58(49,50)51)20-22-37(35)44(27-24-41(55-10-4)56-11-5)38(42)17-15-16-32-28-31-29-33(57(46,47)48)19-21-36(31)43(32)26-23-40(53-8-2)54-9-3/h15-17,19-22,29-30,40-41H,7-14,18,23-28H2,1-6H3,(H-,46,47,48,49,50,51)/p+1. The van der Waals surface area contributed by atoms with Gasteiger partial charge < -0.3 is 28.6 Å². The number of fused-ring (bicyclic) bond motifs is 2. The van der Waals surface area contributed by atoms with E-state index >= 15 is 0 Å². The Hall–Kier alpha value is -3.48. The molecular formula is C42H61N2O12S2+. The van der Waals surface area contributed by atoms with Crippen molar-refractivity contribution in [2.45, 2.75) is 121 Å². The van der Waals surface area contributed by atoms with Crippen LogP contribution < -0.4 is 4.90 Å². The summed E-state index contributed by atoms with van der Waals surface area (Å²) < 4.78 is 99.6. The van der Waals surface area contributed by atoms with Gasteiger partial charge in [-0.3, -0.25) is 13.9 Å². The fourth-order valence-corrected chi connectivity index (χ4v) is 8.77. The van der Waals surface area contributed by atoms with Crippen LogP contribution in [0.15, 0.2) is 70.1 Å². The van der Waals surface area contributed by atoms with Crippen LogP contribution in [0.25, 0.3) is 0 Å². The Labute approximate surface area is 344 Å². The first-order chi connectivity index (χ1) is 27.6. The SMILES string of the molecule is CCOC(=O)CCCCCC1(C)C(/C=C/C=C2\Cc3cc(S(=O)(=O)O)ccc3N2CCC(OCC)OCC)=[N+](CCC(OCC)OCC)c2ccc(S(=O)(=O)O)cc21. The van der Waals surface area contributed by atoms with Crippen LogP contribution in [0.1, 0.15) is 97.6 Å². The Kier molecular flexibility index (Phi) is 17.6. The largest absolute Gasteiger partial charge is 0.466 e. The van der Waals surface area contributed by atoms with E-state index in [1.165, 1.54) is 18.2 Å². The molecule has 0 radical (unpaired) electrons. The van der Waals surface area contributed by atoms with Gasteiger partial charge in [0.2, 0.25) is 5.69 Å². The van der Waals surface area contributed by atoms with Crippen LogP contribution in [0, 0.1) is 0 Å².